The Bertz CT molecular complexity index is 765. The molecule has 2 aliphatic heterocycles. The normalized spacial score (nSPS) is 23.0. The second-order valence-electron chi connectivity index (χ2n) is 6.91. The van der Waals surface area contributed by atoms with Gasteiger partial charge in [0.05, 0.1) is 44.9 Å². The molecule has 2 fully saturated rings. The number of benzene rings is 1. The van der Waals surface area contributed by atoms with Gasteiger partial charge in [-0.1, -0.05) is 0 Å². The van der Waals surface area contributed by atoms with E-state index in [0.717, 1.165) is 12.8 Å². The van der Waals surface area contributed by atoms with Crippen molar-refractivity contribution in [2.45, 2.75) is 32.2 Å². The zero-order valence-corrected chi connectivity index (χ0v) is 16.5. The molecule has 2 amide bonds. The van der Waals surface area contributed by atoms with Gasteiger partial charge in [-0.15, -0.1) is 0 Å². The molecule has 0 saturated carbocycles. The number of ether oxygens (including phenoxy) is 3. The van der Waals surface area contributed by atoms with Crippen molar-refractivity contribution >= 4 is 23.5 Å². The van der Waals surface area contributed by atoms with E-state index in [0.29, 0.717) is 36.9 Å². The van der Waals surface area contributed by atoms with Crippen LogP contribution in [0.3, 0.4) is 0 Å². The van der Waals surface area contributed by atoms with Crippen molar-refractivity contribution in [1.82, 2.24) is 4.90 Å². The Morgan fingerprint density at radius 1 is 1.21 bits per heavy atom. The number of anilines is 1. The minimum Gasteiger partial charge on any atom is -0.497 e. The van der Waals surface area contributed by atoms with Crippen LogP contribution in [0.15, 0.2) is 18.2 Å². The van der Waals surface area contributed by atoms with Crippen LogP contribution in [-0.4, -0.2) is 62.6 Å². The number of likely N-dealkylation sites (tertiary alicyclic amines) is 1. The Morgan fingerprint density at radius 3 is 2.68 bits per heavy atom. The fourth-order valence-electron chi connectivity index (χ4n) is 3.87. The molecule has 0 aromatic heterocycles. The molecule has 3 rings (SSSR count). The van der Waals surface area contributed by atoms with Crippen molar-refractivity contribution in [2.24, 2.45) is 5.92 Å². The Kier molecular flexibility index (Phi) is 6.18. The highest BCUT2D eigenvalue weighted by molar-refractivity contribution is 6.23. The number of amides is 2. The van der Waals surface area contributed by atoms with Gasteiger partial charge in [0.15, 0.2) is 0 Å². The number of hydrogen-bond donors (Lipinski definition) is 0. The van der Waals surface area contributed by atoms with Gasteiger partial charge in [0.1, 0.15) is 11.5 Å². The van der Waals surface area contributed by atoms with Gasteiger partial charge in [0.25, 0.3) is 5.91 Å². The highest BCUT2D eigenvalue weighted by Crippen LogP contribution is 2.36. The Balaban J connectivity index is 1.81. The number of nitrogens with zero attached hydrogens (tertiary/aromatic N) is 2. The second kappa shape index (κ2) is 8.60. The molecule has 2 atom stereocenters. The lowest BCUT2D eigenvalue weighted by Crippen LogP contribution is -2.48. The molecule has 2 heterocycles. The summed E-state index contributed by atoms with van der Waals surface area (Å²) in [6, 6.07) is 4.41. The van der Waals surface area contributed by atoms with Gasteiger partial charge in [-0.3, -0.25) is 19.3 Å². The van der Waals surface area contributed by atoms with E-state index >= 15 is 0 Å². The molecule has 8 heteroatoms. The van der Waals surface area contributed by atoms with Crippen molar-refractivity contribution < 1.29 is 28.6 Å². The van der Waals surface area contributed by atoms with Crippen molar-refractivity contribution in [2.75, 3.05) is 38.8 Å². The molecule has 2 aliphatic rings. The van der Waals surface area contributed by atoms with Crippen LogP contribution in [0, 0.1) is 5.92 Å². The average Bonchev–Trinajstić information content (AvgIpc) is 3.01. The number of carbonyl (C=O) groups excluding carboxylic acids is 3. The molecule has 0 aliphatic carbocycles. The molecule has 0 N–H and O–H groups in total. The van der Waals surface area contributed by atoms with Gasteiger partial charge in [0, 0.05) is 12.6 Å². The molecular weight excluding hydrogens is 364 g/mol. The topological polar surface area (TPSA) is 85.4 Å². The summed E-state index contributed by atoms with van der Waals surface area (Å²) in [4.78, 5) is 41.0. The van der Waals surface area contributed by atoms with Gasteiger partial charge in [-0.25, -0.2) is 4.90 Å². The van der Waals surface area contributed by atoms with Crippen LogP contribution < -0.4 is 14.4 Å². The molecule has 2 saturated heterocycles. The van der Waals surface area contributed by atoms with Crippen LogP contribution in [0.25, 0.3) is 0 Å². The molecular formula is C20H26N2O6. The molecule has 8 nitrogen and oxygen atoms in total. The first kappa shape index (κ1) is 20.1. The first-order chi connectivity index (χ1) is 13.5. The molecule has 1 aromatic carbocycles. The lowest BCUT2D eigenvalue weighted by Gasteiger charge is -2.34. The molecule has 0 spiro atoms. The van der Waals surface area contributed by atoms with Crippen LogP contribution in [-0.2, 0) is 19.1 Å². The number of imide groups is 1. The maximum Gasteiger partial charge on any atom is 0.310 e. The van der Waals surface area contributed by atoms with Crippen LogP contribution in [0.4, 0.5) is 5.69 Å². The quantitative estimate of drug-likeness (QED) is 0.539. The molecule has 152 valence electrons. The van der Waals surface area contributed by atoms with Gasteiger partial charge < -0.3 is 14.2 Å². The number of rotatable bonds is 6. The largest absolute Gasteiger partial charge is 0.497 e. The molecule has 0 radical (unpaired) electrons. The van der Waals surface area contributed by atoms with E-state index in [4.69, 9.17) is 14.2 Å². The van der Waals surface area contributed by atoms with E-state index in [1.165, 1.54) is 19.1 Å². The predicted molar refractivity (Wildman–Crippen MR) is 101 cm³/mol. The van der Waals surface area contributed by atoms with Gasteiger partial charge >= 0.3 is 5.97 Å². The average molecular weight is 390 g/mol. The molecule has 0 bridgehead atoms. The summed E-state index contributed by atoms with van der Waals surface area (Å²) in [5.74, 6) is -0.153. The van der Waals surface area contributed by atoms with Crippen LogP contribution in [0.5, 0.6) is 11.5 Å². The summed E-state index contributed by atoms with van der Waals surface area (Å²) in [6.45, 7) is 3.20. The van der Waals surface area contributed by atoms with Gasteiger partial charge in [-0.05, 0) is 38.4 Å². The van der Waals surface area contributed by atoms with E-state index in [1.54, 1.807) is 25.1 Å². The SMILES string of the molecule is CCOC(=O)[C@H]1CCCN([C@@H]2CC(=O)N(c3cc(OC)ccc3OC)C2=O)C1. The number of methoxy groups -OCH3 is 2. The predicted octanol–water partition coefficient (Wildman–Crippen LogP) is 1.61. The minimum atomic E-state index is -0.583. The molecule has 28 heavy (non-hydrogen) atoms. The minimum absolute atomic E-state index is 0.0781. The van der Waals surface area contributed by atoms with Crippen LogP contribution >= 0.6 is 0 Å². The van der Waals surface area contributed by atoms with Crippen molar-refractivity contribution in [3.8, 4) is 11.5 Å². The third kappa shape index (κ3) is 3.82. The van der Waals surface area contributed by atoms with E-state index in [9.17, 15) is 14.4 Å². The van der Waals surface area contributed by atoms with Crippen molar-refractivity contribution in [3.05, 3.63) is 18.2 Å². The third-order valence-electron chi connectivity index (χ3n) is 5.26. The standard InChI is InChI=1S/C20H26N2O6/c1-4-28-20(25)13-6-5-9-21(12-13)16-11-18(23)22(19(16)24)15-10-14(26-2)7-8-17(15)27-3/h7-8,10,13,16H,4-6,9,11-12H2,1-3H3/t13-,16+/m0/s1. The summed E-state index contributed by atoms with van der Waals surface area (Å²) in [5.41, 5.74) is 0.373. The van der Waals surface area contributed by atoms with E-state index in [1.807, 2.05) is 4.90 Å². The first-order valence-corrected chi connectivity index (χ1v) is 9.49. The summed E-state index contributed by atoms with van der Waals surface area (Å²) in [5, 5.41) is 0. The second-order valence-corrected chi connectivity index (χ2v) is 6.91. The summed E-state index contributed by atoms with van der Waals surface area (Å²) in [7, 11) is 3.01. The Morgan fingerprint density at radius 2 is 2.00 bits per heavy atom. The highest BCUT2D eigenvalue weighted by Gasteiger charge is 2.45. The van der Waals surface area contributed by atoms with Crippen LogP contribution in [0.1, 0.15) is 26.2 Å². The number of carbonyl (C=O) groups is 3. The maximum atomic E-state index is 13.1. The lowest BCUT2D eigenvalue weighted by atomic mass is 9.96. The zero-order valence-electron chi connectivity index (χ0n) is 16.5. The fraction of sp³-hybridized carbons (Fsp3) is 0.550. The highest BCUT2D eigenvalue weighted by atomic mass is 16.5. The van der Waals surface area contributed by atoms with E-state index in [-0.39, 0.29) is 30.1 Å². The summed E-state index contributed by atoms with van der Waals surface area (Å²) in [6.07, 6.45) is 1.59. The lowest BCUT2D eigenvalue weighted by molar-refractivity contribution is -0.150. The van der Waals surface area contributed by atoms with Crippen molar-refractivity contribution in [1.29, 1.82) is 0 Å². The maximum absolute atomic E-state index is 13.1. The summed E-state index contributed by atoms with van der Waals surface area (Å²) < 4.78 is 15.7. The summed E-state index contributed by atoms with van der Waals surface area (Å²) >= 11 is 0. The number of esters is 1. The number of piperidine rings is 1. The first-order valence-electron chi connectivity index (χ1n) is 9.49. The van der Waals surface area contributed by atoms with E-state index < -0.39 is 6.04 Å². The van der Waals surface area contributed by atoms with Gasteiger partial charge in [-0.2, -0.15) is 0 Å². The molecule has 0 unspecified atom stereocenters. The number of hydrogen-bond acceptors (Lipinski definition) is 7. The Hall–Kier alpha value is -2.61. The zero-order chi connectivity index (χ0) is 20.3. The molecule has 1 aromatic rings. The van der Waals surface area contributed by atoms with Gasteiger partial charge in [0.2, 0.25) is 5.91 Å². The monoisotopic (exact) mass is 390 g/mol. The smallest absolute Gasteiger partial charge is 0.310 e. The fourth-order valence-corrected chi connectivity index (χ4v) is 3.87. The van der Waals surface area contributed by atoms with Crippen LogP contribution in [0.2, 0.25) is 0 Å². The van der Waals surface area contributed by atoms with E-state index in [2.05, 4.69) is 0 Å². The Labute approximate surface area is 164 Å². The third-order valence-corrected chi connectivity index (χ3v) is 5.26. The van der Waals surface area contributed by atoms with Crippen molar-refractivity contribution in [3.63, 3.8) is 0 Å².